The minimum Gasteiger partial charge on any atom is -0.280 e. The van der Waals surface area contributed by atoms with Gasteiger partial charge in [0.2, 0.25) is 0 Å². The normalized spacial score (nSPS) is 12.0. The molecule has 4 rings (SSSR count). The fourth-order valence-electron chi connectivity index (χ4n) is 2.85. The summed E-state index contributed by atoms with van der Waals surface area (Å²) in [5.74, 6) is 0.619. The van der Waals surface area contributed by atoms with Gasteiger partial charge in [0.05, 0.1) is 10.5 Å². The van der Waals surface area contributed by atoms with E-state index in [1.807, 2.05) is 0 Å². The number of nitrogens with one attached hydrogen (secondary N) is 2. The summed E-state index contributed by atoms with van der Waals surface area (Å²) in [4.78, 5) is 4.37. The highest BCUT2D eigenvalue weighted by Gasteiger charge is 2.30. The molecule has 164 valence electrons. The summed E-state index contributed by atoms with van der Waals surface area (Å²) in [7, 11) is -3.78. The fraction of sp³-hybridized carbons (Fsp3) is 0.0476. The molecule has 0 amide bonds. The Labute approximate surface area is 186 Å². The molecule has 0 aliphatic heterocycles. The van der Waals surface area contributed by atoms with Gasteiger partial charge in [0.25, 0.3) is 10.0 Å². The van der Waals surface area contributed by atoms with E-state index in [0.29, 0.717) is 33.5 Å². The van der Waals surface area contributed by atoms with E-state index < -0.39 is 21.8 Å². The van der Waals surface area contributed by atoms with E-state index in [2.05, 4.69) is 19.9 Å². The third-order valence-electron chi connectivity index (χ3n) is 4.49. The zero-order chi connectivity index (χ0) is 22.9. The second-order valence-electron chi connectivity index (χ2n) is 6.72. The van der Waals surface area contributed by atoms with Crippen LogP contribution in [0, 0.1) is 0 Å². The largest absolute Gasteiger partial charge is 0.416 e. The van der Waals surface area contributed by atoms with E-state index in [9.17, 15) is 21.6 Å². The van der Waals surface area contributed by atoms with Crippen LogP contribution in [0.15, 0.2) is 77.7 Å². The van der Waals surface area contributed by atoms with Gasteiger partial charge in [-0.05, 0) is 60.7 Å². The van der Waals surface area contributed by atoms with E-state index >= 15 is 0 Å². The van der Waals surface area contributed by atoms with Crippen molar-refractivity contribution in [3.63, 3.8) is 0 Å². The van der Waals surface area contributed by atoms with E-state index in [0.717, 1.165) is 12.1 Å². The van der Waals surface area contributed by atoms with Crippen LogP contribution in [0.5, 0.6) is 0 Å². The Balaban J connectivity index is 1.50. The van der Waals surface area contributed by atoms with Crippen molar-refractivity contribution >= 4 is 27.3 Å². The van der Waals surface area contributed by atoms with Gasteiger partial charge in [-0.2, -0.15) is 18.3 Å². The Bertz CT molecular complexity index is 1340. The van der Waals surface area contributed by atoms with Crippen LogP contribution in [0.25, 0.3) is 22.8 Å². The number of aromatic nitrogens is 3. The van der Waals surface area contributed by atoms with Crippen molar-refractivity contribution in [3.05, 3.63) is 83.4 Å². The lowest BCUT2D eigenvalue weighted by Gasteiger charge is -2.08. The first-order valence-corrected chi connectivity index (χ1v) is 11.0. The van der Waals surface area contributed by atoms with Crippen LogP contribution in [0.1, 0.15) is 5.56 Å². The van der Waals surface area contributed by atoms with Crippen molar-refractivity contribution in [2.45, 2.75) is 11.1 Å². The van der Waals surface area contributed by atoms with E-state index in [4.69, 9.17) is 11.6 Å². The van der Waals surface area contributed by atoms with Crippen molar-refractivity contribution in [1.82, 2.24) is 15.2 Å². The van der Waals surface area contributed by atoms with Crippen LogP contribution >= 0.6 is 11.6 Å². The second-order valence-corrected chi connectivity index (χ2v) is 8.84. The fourth-order valence-corrected chi connectivity index (χ4v) is 4.04. The maximum atomic E-state index is 12.7. The van der Waals surface area contributed by atoms with Gasteiger partial charge in [-0.3, -0.25) is 9.82 Å². The first-order valence-electron chi connectivity index (χ1n) is 9.11. The van der Waals surface area contributed by atoms with Gasteiger partial charge in [-0.15, -0.1) is 0 Å². The highest BCUT2D eigenvalue weighted by Crippen LogP contribution is 2.30. The smallest absolute Gasteiger partial charge is 0.280 e. The number of hydrogen-bond donors (Lipinski definition) is 2. The summed E-state index contributed by atoms with van der Waals surface area (Å²) in [5.41, 5.74) is 0.623. The first-order chi connectivity index (χ1) is 15.1. The standard InChI is InChI=1S/C21H14ClF3N4O2S/c22-16-7-11-18(12-8-16)32(30,31)29-17-9-3-14(4-10-17)20-26-19(27-28-20)13-1-5-15(6-2-13)21(23,24)25/h1-12,29H,(H,26,27,28). The summed E-state index contributed by atoms with van der Waals surface area (Å²) in [6.45, 7) is 0. The van der Waals surface area contributed by atoms with Crippen molar-refractivity contribution in [2.24, 2.45) is 0 Å². The number of nitrogens with zero attached hydrogens (tertiary/aromatic N) is 2. The minimum absolute atomic E-state index is 0.0705. The van der Waals surface area contributed by atoms with Crippen LogP contribution < -0.4 is 4.72 Å². The minimum atomic E-state index is -4.41. The molecule has 11 heteroatoms. The number of anilines is 1. The molecule has 0 saturated carbocycles. The molecule has 0 fully saturated rings. The third-order valence-corrected chi connectivity index (χ3v) is 6.14. The lowest BCUT2D eigenvalue weighted by Crippen LogP contribution is -2.12. The molecule has 0 spiro atoms. The first kappa shape index (κ1) is 21.8. The van der Waals surface area contributed by atoms with E-state index in [-0.39, 0.29) is 4.90 Å². The summed E-state index contributed by atoms with van der Waals surface area (Å²) < 4.78 is 65.5. The Kier molecular flexibility index (Phi) is 5.66. The molecule has 0 unspecified atom stereocenters. The Morgan fingerprint density at radius 2 is 1.44 bits per heavy atom. The zero-order valence-corrected chi connectivity index (χ0v) is 17.6. The number of halogens is 4. The van der Waals surface area contributed by atoms with Gasteiger partial charge in [0, 0.05) is 21.8 Å². The highest BCUT2D eigenvalue weighted by molar-refractivity contribution is 7.92. The SMILES string of the molecule is O=S(=O)(Nc1ccc(-c2n[nH]c(-c3ccc(C(F)(F)F)cc3)n2)cc1)c1ccc(Cl)cc1. The summed E-state index contributed by atoms with van der Waals surface area (Å²) >= 11 is 5.79. The van der Waals surface area contributed by atoms with Crippen molar-refractivity contribution in [3.8, 4) is 22.8 Å². The molecule has 0 radical (unpaired) electrons. The van der Waals surface area contributed by atoms with Crippen LogP contribution in [0.4, 0.5) is 18.9 Å². The van der Waals surface area contributed by atoms with Crippen molar-refractivity contribution < 1.29 is 21.6 Å². The number of sulfonamides is 1. The zero-order valence-electron chi connectivity index (χ0n) is 16.1. The Morgan fingerprint density at radius 1 is 0.844 bits per heavy atom. The molecule has 1 aromatic heterocycles. The summed E-state index contributed by atoms with van der Waals surface area (Å²) in [5, 5.41) is 7.20. The van der Waals surface area contributed by atoms with Gasteiger partial charge in [-0.1, -0.05) is 23.7 Å². The molecule has 4 aromatic rings. The number of benzene rings is 3. The molecule has 6 nitrogen and oxygen atoms in total. The van der Waals surface area contributed by atoms with Crippen molar-refractivity contribution in [1.29, 1.82) is 0 Å². The highest BCUT2D eigenvalue weighted by atomic mass is 35.5. The molecule has 0 bridgehead atoms. The predicted molar refractivity (Wildman–Crippen MR) is 115 cm³/mol. The molecule has 2 N–H and O–H groups in total. The topological polar surface area (TPSA) is 87.7 Å². The lowest BCUT2D eigenvalue weighted by atomic mass is 10.1. The molecule has 3 aromatic carbocycles. The third kappa shape index (κ3) is 4.76. The Hall–Kier alpha value is -3.37. The molecule has 0 aliphatic carbocycles. The van der Waals surface area contributed by atoms with Crippen molar-refractivity contribution in [2.75, 3.05) is 4.72 Å². The molecular weight excluding hydrogens is 465 g/mol. The van der Waals surface area contributed by atoms with Crippen LogP contribution in [-0.4, -0.2) is 23.6 Å². The maximum absolute atomic E-state index is 12.7. The number of aromatic amines is 1. The maximum Gasteiger partial charge on any atom is 0.416 e. The van der Waals surface area contributed by atoms with Gasteiger partial charge in [-0.25, -0.2) is 13.4 Å². The lowest BCUT2D eigenvalue weighted by molar-refractivity contribution is -0.137. The number of alkyl halides is 3. The average molecular weight is 479 g/mol. The van der Waals surface area contributed by atoms with Crippen LogP contribution in [0.3, 0.4) is 0 Å². The van der Waals surface area contributed by atoms with Crippen LogP contribution in [0.2, 0.25) is 5.02 Å². The molecule has 32 heavy (non-hydrogen) atoms. The molecule has 1 heterocycles. The molecular formula is C21H14ClF3N4O2S. The van der Waals surface area contributed by atoms with Crippen LogP contribution in [-0.2, 0) is 16.2 Å². The van der Waals surface area contributed by atoms with E-state index in [1.54, 1.807) is 24.3 Å². The van der Waals surface area contributed by atoms with Gasteiger partial charge in [0.15, 0.2) is 11.6 Å². The Morgan fingerprint density at radius 3 is 2.03 bits per heavy atom. The number of rotatable bonds is 5. The van der Waals surface area contributed by atoms with Gasteiger partial charge < -0.3 is 0 Å². The van der Waals surface area contributed by atoms with E-state index in [1.165, 1.54) is 36.4 Å². The number of H-pyrrole nitrogens is 1. The van der Waals surface area contributed by atoms with Gasteiger partial charge in [0.1, 0.15) is 0 Å². The quantitative estimate of drug-likeness (QED) is 0.390. The number of hydrogen-bond acceptors (Lipinski definition) is 4. The average Bonchev–Trinajstić information content (AvgIpc) is 3.24. The second kappa shape index (κ2) is 8.29. The summed E-state index contributed by atoms with van der Waals surface area (Å²) in [6, 6.07) is 16.7. The monoisotopic (exact) mass is 478 g/mol. The van der Waals surface area contributed by atoms with Gasteiger partial charge >= 0.3 is 6.18 Å². The summed E-state index contributed by atoms with van der Waals surface area (Å²) in [6.07, 6.45) is -4.41. The predicted octanol–water partition coefficient (Wildman–Crippen LogP) is 5.61. The molecule has 0 saturated heterocycles. The molecule has 0 aliphatic rings. The molecule has 0 atom stereocenters.